The summed E-state index contributed by atoms with van der Waals surface area (Å²) in [5, 5.41) is 7.71. The van der Waals surface area contributed by atoms with E-state index < -0.39 is 19.3 Å². The molecular weight excluding hydrogens is 428 g/mol. The highest BCUT2D eigenvalue weighted by molar-refractivity contribution is 5.74. The Morgan fingerprint density at radius 1 is 1.09 bits per heavy atom. The van der Waals surface area contributed by atoms with E-state index in [0.29, 0.717) is 29.7 Å². The molecule has 4 heterocycles. The molecule has 174 valence electrons. The maximum absolute atomic E-state index is 13.7. The Labute approximate surface area is 189 Å². The summed E-state index contributed by atoms with van der Waals surface area (Å²) in [6.07, 6.45) is 1.66. The normalized spacial score (nSPS) is 16.0. The van der Waals surface area contributed by atoms with Gasteiger partial charge in [-0.3, -0.25) is 8.78 Å². The first kappa shape index (κ1) is 21.5. The summed E-state index contributed by atoms with van der Waals surface area (Å²) in [6, 6.07) is 7.83. The molecule has 1 atom stereocenters. The van der Waals surface area contributed by atoms with Crippen LogP contribution < -0.4 is 10.2 Å². The molecule has 1 fully saturated rings. The lowest BCUT2D eigenvalue weighted by atomic mass is 10.0. The number of imidazole rings is 1. The maximum atomic E-state index is 13.7. The van der Waals surface area contributed by atoms with Gasteiger partial charge in [-0.25, -0.2) is 4.98 Å². The van der Waals surface area contributed by atoms with Crippen LogP contribution in [-0.4, -0.2) is 81.0 Å². The minimum absolute atomic E-state index is 0.0907. The third-order valence-electron chi connectivity index (χ3n) is 6.11. The molecule has 33 heavy (non-hydrogen) atoms. The molecule has 1 saturated heterocycles. The molecule has 1 aliphatic heterocycles. The van der Waals surface area contributed by atoms with Crippen LogP contribution in [-0.2, 0) is 6.54 Å². The highest BCUT2D eigenvalue weighted by Gasteiger charge is 2.23. The fourth-order valence-electron chi connectivity index (χ4n) is 4.13. The summed E-state index contributed by atoms with van der Waals surface area (Å²) in [5.74, 6) is 1.21. The van der Waals surface area contributed by atoms with Crippen LogP contribution in [0.1, 0.15) is 23.7 Å². The Hall–Kier alpha value is -3.34. The first-order chi connectivity index (χ1) is 16.2. The Morgan fingerprint density at radius 2 is 1.91 bits per heavy atom. The predicted molar refractivity (Wildman–Crippen MR) is 123 cm³/mol. The van der Waals surface area contributed by atoms with Crippen LogP contribution >= 0.6 is 0 Å². The number of likely N-dealkylation sites (N-methyl/N-ethyl adjacent to an activating group) is 1. The highest BCUT2D eigenvalue weighted by atomic mass is 19.1. The monoisotopic (exact) mass is 455 g/mol. The fraction of sp³-hybridized carbons (Fsp3) is 0.455. The van der Waals surface area contributed by atoms with Gasteiger partial charge in [0, 0.05) is 37.7 Å². The molecule has 0 saturated carbocycles. The largest absolute Gasteiger partial charge is 0.347 e. The molecule has 0 amide bonds. The molecule has 4 aromatic rings. The number of benzene rings is 1. The number of fused-ring (bicyclic) bond motifs is 2. The quantitative estimate of drug-likeness (QED) is 0.422. The number of rotatable bonds is 8. The van der Waals surface area contributed by atoms with Crippen LogP contribution in [0.3, 0.4) is 0 Å². The van der Waals surface area contributed by atoms with Crippen molar-refractivity contribution in [3.8, 4) is 0 Å². The van der Waals surface area contributed by atoms with Gasteiger partial charge in [0.05, 0.1) is 37.1 Å². The molecule has 1 aliphatic rings. The number of hydrogen-bond acceptors (Lipinski definition) is 7. The first-order valence-corrected chi connectivity index (χ1v) is 11.1. The Kier molecular flexibility index (Phi) is 6.03. The van der Waals surface area contributed by atoms with Crippen LogP contribution in [0.4, 0.5) is 20.7 Å². The summed E-state index contributed by atoms with van der Waals surface area (Å²) in [4.78, 5) is 21.7. The molecule has 0 spiro atoms. The molecule has 5 rings (SSSR count). The number of piperazine rings is 1. The molecule has 0 radical (unpaired) electrons. The smallest absolute Gasteiger partial charge is 0.230 e. The van der Waals surface area contributed by atoms with E-state index in [1.807, 2.05) is 24.3 Å². The minimum Gasteiger partial charge on any atom is -0.347 e. The van der Waals surface area contributed by atoms with Crippen molar-refractivity contribution in [1.82, 2.24) is 34.4 Å². The number of aromatic amines is 1. The average Bonchev–Trinajstić information content (AvgIpc) is 3.45. The SMILES string of the molecule is CN1CCN(c2nc(NCc3nc4ccccc4[nH]3)n3ncc(C(CF)CCF)c3n2)CC1. The molecule has 0 bridgehead atoms. The summed E-state index contributed by atoms with van der Waals surface area (Å²) >= 11 is 0. The van der Waals surface area contributed by atoms with Crippen molar-refractivity contribution in [3.05, 3.63) is 41.9 Å². The van der Waals surface area contributed by atoms with E-state index in [1.165, 1.54) is 0 Å². The number of hydrogen-bond donors (Lipinski definition) is 2. The molecule has 1 aromatic carbocycles. The zero-order chi connectivity index (χ0) is 22.8. The number of H-pyrrole nitrogens is 1. The van der Waals surface area contributed by atoms with Crippen LogP contribution in [0.15, 0.2) is 30.5 Å². The number of nitrogens with zero attached hydrogens (tertiary/aromatic N) is 7. The van der Waals surface area contributed by atoms with Gasteiger partial charge in [0.15, 0.2) is 5.65 Å². The third kappa shape index (κ3) is 4.32. The zero-order valence-corrected chi connectivity index (χ0v) is 18.5. The second-order valence-electron chi connectivity index (χ2n) is 8.36. The third-order valence-corrected chi connectivity index (χ3v) is 6.11. The number of anilines is 2. The van der Waals surface area contributed by atoms with Gasteiger partial charge in [-0.15, -0.1) is 0 Å². The predicted octanol–water partition coefficient (Wildman–Crippen LogP) is 2.78. The number of alkyl halides is 2. The molecule has 3 aromatic heterocycles. The topological polar surface area (TPSA) is 90.3 Å². The summed E-state index contributed by atoms with van der Waals surface area (Å²) < 4.78 is 28.3. The highest BCUT2D eigenvalue weighted by Crippen LogP contribution is 2.27. The maximum Gasteiger partial charge on any atom is 0.230 e. The van der Waals surface area contributed by atoms with E-state index in [9.17, 15) is 8.78 Å². The number of nitrogens with one attached hydrogen (secondary N) is 2. The molecule has 0 aliphatic carbocycles. The van der Waals surface area contributed by atoms with E-state index in [-0.39, 0.29) is 6.42 Å². The Bertz CT molecular complexity index is 1200. The number of aromatic nitrogens is 6. The zero-order valence-electron chi connectivity index (χ0n) is 18.5. The molecular formula is C22H27F2N9. The lowest BCUT2D eigenvalue weighted by Crippen LogP contribution is -2.45. The van der Waals surface area contributed by atoms with Crippen molar-refractivity contribution < 1.29 is 8.78 Å². The fourth-order valence-corrected chi connectivity index (χ4v) is 4.13. The van der Waals surface area contributed by atoms with Gasteiger partial charge in [-0.2, -0.15) is 19.6 Å². The lowest BCUT2D eigenvalue weighted by Gasteiger charge is -2.32. The lowest BCUT2D eigenvalue weighted by molar-refractivity contribution is 0.311. The van der Waals surface area contributed by atoms with Gasteiger partial charge in [-0.05, 0) is 25.6 Å². The van der Waals surface area contributed by atoms with Gasteiger partial charge < -0.3 is 20.1 Å². The van der Waals surface area contributed by atoms with Crippen LogP contribution in [0, 0.1) is 0 Å². The summed E-state index contributed by atoms with van der Waals surface area (Å²) in [5.41, 5.74) is 2.94. The van der Waals surface area contributed by atoms with Crippen LogP contribution in [0.2, 0.25) is 0 Å². The summed E-state index contributed by atoms with van der Waals surface area (Å²) in [6.45, 7) is 2.51. The van der Waals surface area contributed by atoms with E-state index in [2.05, 4.69) is 37.2 Å². The van der Waals surface area contributed by atoms with Crippen molar-refractivity contribution in [2.24, 2.45) is 0 Å². The molecule has 9 nitrogen and oxygen atoms in total. The van der Waals surface area contributed by atoms with Crippen molar-refractivity contribution >= 4 is 28.6 Å². The van der Waals surface area contributed by atoms with E-state index >= 15 is 0 Å². The molecule has 2 N–H and O–H groups in total. The van der Waals surface area contributed by atoms with Gasteiger partial charge in [-0.1, -0.05) is 12.1 Å². The average molecular weight is 456 g/mol. The Morgan fingerprint density at radius 3 is 2.67 bits per heavy atom. The van der Waals surface area contributed by atoms with Crippen molar-refractivity contribution in [2.45, 2.75) is 18.9 Å². The van der Waals surface area contributed by atoms with Crippen molar-refractivity contribution in [3.63, 3.8) is 0 Å². The Balaban J connectivity index is 1.50. The second-order valence-corrected chi connectivity index (χ2v) is 8.36. The van der Waals surface area contributed by atoms with Crippen molar-refractivity contribution in [1.29, 1.82) is 0 Å². The number of para-hydroxylation sites is 2. The standard InChI is InChI=1S/C22H27F2N9/c1-31-8-10-32(11-9-31)22-29-20-16(15(12-24)6-7-23)13-26-33(20)21(30-22)25-14-19-27-17-4-2-3-5-18(17)28-19/h2-5,13,15H,6-12,14H2,1H3,(H,27,28)(H,25,29,30). The van der Waals surface area contributed by atoms with E-state index in [1.54, 1.807) is 10.7 Å². The van der Waals surface area contributed by atoms with Gasteiger partial charge >= 0.3 is 0 Å². The summed E-state index contributed by atoms with van der Waals surface area (Å²) in [7, 11) is 2.08. The van der Waals surface area contributed by atoms with Crippen LogP contribution in [0.25, 0.3) is 16.7 Å². The molecule has 1 unspecified atom stereocenters. The van der Waals surface area contributed by atoms with E-state index in [4.69, 9.17) is 9.97 Å². The van der Waals surface area contributed by atoms with Gasteiger partial charge in [0.1, 0.15) is 5.82 Å². The molecule has 11 heteroatoms. The van der Waals surface area contributed by atoms with Crippen molar-refractivity contribution in [2.75, 3.05) is 56.8 Å². The van der Waals surface area contributed by atoms with Gasteiger partial charge in [0.2, 0.25) is 11.9 Å². The van der Waals surface area contributed by atoms with Crippen LogP contribution in [0.5, 0.6) is 0 Å². The van der Waals surface area contributed by atoms with Gasteiger partial charge in [0.25, 0.3) is 0 Å². The van der Waals surface area contributed by atoms with E-state index in [0.717, 1.165) is 43.0 Å². The minimum atomic E-state index is -0.666. The number of halogens is 2. The first-order valence-electron chi connectivity index (χ1n) is 11.1. The second kappa shape index (κ2) is 9.26.